The highest BCUT2D eigenvalue weighted by atomic mass is 16.5. The Morgan fingerprint density at radius 1 is 1.47 bits per heavy atom. The number of carbonyl (C=O) groups excluding carboxylic acids is 1. The van der Waals surface area contributed by atoms with E-state index in [2.05, 4.69) is 15.4 Å². The summed E-state index contributed by atoms with van der Waals surface area (Å²) in [6, 6.07) is 5.56. The number of nitrogens with zero attached hydrogens (tertiary/aromatic N) is 3. The number of methoxy groups -OCH3 is 1. The van der Waals surface area contributed by atoms with Gasteiger partial charge in [0.25, 0.3) is 0 Å². The molecule has 6 heteroatoms. The van der Waals surface area contributed by atoms with E-state index in [1.54, 1.807) is 24.0 Å². The van der Waals surface area contributed by atoms with Crippen LogP contribution in [0, 0.1) is 0 Å². The van der Waals surface area contributed by atoms with Gasteiger partial charge in [-0.15, -0.1) is 0 Å². The average molecular weight is 260 g/mol. The molecule has 19 heavy (non-hydrogen) atoms. The SMILES string of the molecule is CO[C@H](C)C(=O)NCc1cccnc1-n1cccn1. The van der Waals surface area contributed by atoms with Crippen LogP contribution in [-0.4, -0.2) is 33.9 Å². The van der Waals surface area contributed by atoms with Crippen LogP contribution < -0.4 is 5.32 Å². The highest BCUT2D eigenvalue weighted by Gasteiger charge is 2.12. The molecule has 2 aromatic rings. The third-order valence-electron chi connectivity index (χ3n) is 2.76. The number of hydrogen-bond acceptors (Lipinski definition) is 4. The van der Waals surface area contributed by atoms with E-state index in [4.69, 9.17) is 4.74 Å². The van der Waals surface area contributed by atoms with E-state index < -0.39 is 6.10 Å². The van der Waals surface area contributed by atoms with Gasteiger partial charge in [-0.05, 0) is 19.1 Å². The molecule has 1 amide bonds. The smallest absolute Gasteiger partial charge is 0.249 e. The Labute approximate surface area is 111 Å². The molecule has 0 saturated heterocycles. The molecule has 1 N–H and O–H groups in total. The van der Waals surface area contributed by atoms with E-state index in [9.17, 15) is 4.79 Å². The molecule has 6 nitrogen and oxygen atoms in total. The average Bonchev–Trinajstić information content (AvgIpc) is 2.98. The Balaban J connectivity index is 2.11. The maximum Gasteiger partial charge on any atom is 0.249 e. The van der Waals surface area contributed by atoms with Crippen LogP contribution in [-0.2, 0) is 16.1 Å². The number of nitrogens with one attached hydrogen (secondary N) is 1. The minimum absolute atomic E-state index is 0.155. The molecular formula is C13H16N4O2. The van der Waals surface area contributed by atoms with Crippen molar-refractivity contribution in [2.24, 2.45) is 0 Å². The first-order valence-electron chi connectivity index (χ1n) is 5.97. The van der Waals surface area contributed by atoms with E-state index in [0.29, 0.717) is 12.4 Å². The highest BCUT2D eigenvalue weighted by molar-refractivity contribution is 5.80. The highest BCUT2D eigenvalue weighted by Crippen LogP contribution is 2.09. The van der Waals surface area contributed by atoms with Crippen LogP contribution in [0.3, 0.4) is 0 Å². The maximum atomic E-state index is 11.7. The second-order valence-corrected chi connectivity index (χ2v) is 4.03. The normalized spacial score (nSPS) is 12.1. The number of pyridine rings is 1. The molecule has 100 valence electrons. The fourth-order valence-corrected chi connectivity index (χ4v) is 1.60. The van der Waals surface area contributed by atoms with Crippen molar-refractivity contribution in [2.75, 3.05) is 7.11 Å². The van der Waals surface area contributed by atoms with Gasteiger partial charge >= 0.3 is 0 Å². The molecule has 0 aromatic carbocycles. The number of carbonyl (C=O) groups is 1. The van der Waals surface area contributed by atoms with E-state index in [0.717, 1.165) is 5.56 Å². The first kappa shape index (κ1) is 13.2. The predicted octanol–water partition coefficient (Wildman–Crippen LogP) is 0.918. The van der Waals surface area contributed by atoms with Crippen LogP contribution in [0.25, 0.3) is 5.82 Å². The van der Waals surface area contributed by atoms with Crippen molar-refractivity contribution in [1.29, 1.82) is 0 Å². The van der Waals surface area contributed by atoms with Crippen LogP contribution in [0.15, 0.2) is 36.8 Å². The lowest BCUT2D eigenvalue weighted by Gasteiger charge is -2.12. The predicted molar refractivity (Wildman–Crippen MR) is 69.7 cm³/mol. The maximum absolute atomic E-state index is 11.7. The van der Waals surface area contributed by atoms with E-state index in [1.807, 2.05) is 24.4 Å². The molecule has 2 aromatic heterocycles. The zero-order chi connectivity index (χ0) is 13.7. The number of rotatable bonds is 5. The molecule has 0 spiro atoms. The summed E-state index contributed by atoms with van der Waals surface area (Å²) < 4.78 is 6.63. The largest absolute Gasteiger partial charge is 0.372 e. The fraction of sp³-hybridized carbons (Fsp3) is 0.308. The van der Waals surface area contributed by atoms with Crippen LogP contribution in [0.5, 0.6) is 0 Å². The molecule has 0 bridgehead atoms. The second-order valence-electron chi connectivity index (χ2n) is 4.03. The molecule has 1 atom stereocenters. The number of aromatic nitrogens is 3. The third-order valence-corrected chi connectivity index (χ3v) is 2.76. The summed E-state index contributed by atoms with van der Waals surface area (Å²) in [6.45, 7) is 2.09. The third kappa shape index (κ3) is 3.17. The molecule has 0 radical (unpaired) electrons. The van der Waals surface area contributed by atoms with Crippen molar-refractivity contribution in [3.63, 3.8) is 0 Å². The quantitative estimate of drug-likeness (QED) is 0.868. The molecule has 2 heterocycles. The summed E-state index contributed by atoms with van der Waals surface area (Å²) in [7, 11) is 1.50. The number of ether oxygens (including phenoxy) is 1. The van der Waals surface area contributed by atoms with Crippen molar-refractivity contribution in [2.45, 2.75) is 19.6 Å². The van der Waals surface area contributed by atoms with E-state index in [-0.39, 0.29) is 5.91 Å². The first-order valence-corrected chi connectivity index (χ1v) is 5.97. The zero-order valence-corrected chi connectivity index (χ0v) is 10.9. The van der Waals surface area contributed by atoms with Gasteiger partial charge < -0.3 is 10.1 Å². The molecule has 0 aliphatic heterocycles. The monoisotopic (exact) mass is 260 g/mol. The lowest BCUT2D eigenvalue weighted by molar-refractivity contribution is -0.130. The van der Waals surface area contributed by atoms with Gasteiger partial charge in [0.15, 0.2) is 5.82 Å². The Bertz CT molecular complexity index is 539. The Hall–Kier alpha value is -2.21. The van der Waals surface area contributed by atoms with Crippen LogP contribution in [0.4, 0.5) is 0 Å². The van der Waals surface area contributed by atoms with Gasteiger partial charge in [0.2, 0.25) is 5.91 Å². The summed E-state index contributed by atoms with van der Waals surface area (Å²) >= 11 is 0. The minimum atomic E-state index is -0.468. The first-order chi connectivity index (χ1) is 9.22. The summed E-state index contributed by atoms with van der Waals surface area (Å²) in [5, 5.41) is 6.95. The van der Waals surface area contributed by atoms with E-state index in [1.165, 1.54) is 7.11 Å². The second kappa shape index (κ2) is 6.10. The Morgan fingerprint density at radius 3 is 3.00 bits per heavy atom. The summed E-state index contributed by atoms with van der Waals surface area (Å²) in [5.74, 6) is 0.552. The lowest BCUT2D eigenvalue weighted by Crippen LogP contribution is -2.33. The topological polar surface area (TPSA) is 69.0 Å². The molecule has 2 rings (SSSR count). The summed E-state index contributed by atoms with van der Waals surface area (Å²) in [6.07, 6.45) is 4.72. The molecule has 0 aliphatic carbocycles. The van der Waals surface area contributed by atoms with E-state index >= 15 is 0 Å². The van der Waals surface area contributed by atoms with Gasteiger partial charge in [-0.3, -0.25) is 4.79 Å². The van der Waals surface area contributed by atoms with Crippen molar-refractivity contribution < 1.29 is 9.53 Å². The van der Waals surface area contributed by atoms with Gasteiger partial charge in [0.1, 0.15) is 6.10 Å². The Morgan fingerprint density at radius 2 is 2.32 bits per heavy atom. The van der Waals surface area contributed by atoms with Gasteiger partial charge in [0, 0.05) is 37.8 Å². The van der Waals surface area contributed by atoms with Gasteiger partial charge in [-0.25, -0.2) is 9.67 Å². The zero-order valence-electron chi connectivity index (χ0n) is 10.9. The standard InChI is InChI=1S/C13H16N4O2/c1-10(19-2)13(18)15-9-11-5-3-6-14-12(11)17-8-4-7-16-17/h3-8,10H,9H2,1-2H3,(H,15,18)/t10-/m1/s1. The number of amides is 1. The van der Waals surface area contributed by atoms with Gasteiger partial charge in [-0.1, -0.05) is 6.07 Å². The molecular weight excluding hydrogens is 244 g/mol. The van der Waals surface area contributed by atoms with Crippen molar-refractivity contribution >= 4 is 5.91 Å². The molecule has 0 unspecified atom stereocenters. The fourth-order valence-electron chi connectivity index (χ4n) is 1.60. The number of hydrogen-bond donors (Lipinski definition) is 1. The van der Waals surface area contributed by atoms with Crippen molar-refractivity contribution in [1.82, 2.24) is 20.1 Å². The van der Waals surface area contributed by atoms with Crippen LogP contribution in [0.1, 0.15) is 12.5 Å². The molecule has 0 aliphatic rings. The lowest BCUT2D eigenvalue weighted by atomic mass is 10.2. The van der Waals surface area contributed by atoms with Crippen molar-refractivity contribution in [3.8, 4) is 5.82 Å². The summed E-state index contributed by atoms with van der Waals surface area (Å²) in [5.41, 5.74) is 0.892. The summed E-state index contributed by atoms with van der Waals surface area (Å²) in [4.78, 5) is 15.9. The Kier molecular flexibility index (Phi) is 4.25. The van der Waals surface area contributed by atoms with Gasteiger partial charge in [-0.2, -0.15) is 5.10 Å². The van der Waals surface area contributed by atoms with Crippen molar-refractivity contribution in [3.05, 3.63) is 42.4 Å². The van der Waals surface area contributed by atoms with Gasteiger partial charge in [0.05, 0.1) is 0 Å². The molecule has 0 saturated carbocycles. The van der Waals surface area contributed by atoms with Crippen LogP contribution >= 0.6 is 0 Å². The molecule has 0 fully saturated rings. The minimum Gasteiger partial charge on any atom is -0.372 e. The van der Waals surface area contributed by atoms with Crippen LogP contribution in [0.2, 0.25) is 0 Å².